The molecule has 1 heteroatoms. The maximum absolute atomic E-state index is 3.63. The van der Waals surface area contributed by atoms with Gasteiger partial charge in [-0.15, -0.1) is 0 Å². The fourth-order valence-electron chi connectivity index (χ4n) is 2.70. The Hall–Kier alpha value is -0.0400. The second-order valence-electron chi connectivity index (χ2n) is 5.18. The van der Waals surface area contributed by atoms with Crippen molar-refractivity contribution >= 4 is 0 Å². The molecule has 1 rings (SSSR count). The molecule has 84 valence electrons. The van der Waals surface area contributed by atoms with Crippen LogP contribution < -0.4 is 5.32 Å². The van der Waals surface area contributed by atoms with Gasteiger partial charge in [0, 0.05) is 6.04 Å². The van der Waals surface area contributed by atoms with Gasteiger partial charge < -0.3 is 5.32 Å². The standard InChI is InChI=1S/C13H27N/c1-4-14-13-10-6-9-12(13)8-5-7-11(2)3/h11-14H,4-10H2,1-3H3. The molecule has 0 radical (unpaired) electrons. The van der Waals surface area contributed by atoms with Gasteiger partial charge in [-0.1, -0.05) is 40.0 Å². The van der Waals surface area contributed by atoms with Crippen molar-refractivity contribution in [2.45, 2.75) is 65.3 Å². The Kier molecular flexibility index (Phi) is 5.54. The van der Waals surface area contributed by atoms with Crippen molar-refractivity contribution in [1.82, 2.24) is 5.32 Å². The van der Waals surface area contributed by atoms with E-state index in [0.717, 1.165) is 24.4 Å². The summed E-state index contributed by atoms with van der Waals surface area (Å²) < 4.78 is 0. The Morgan fingerprint density at radius 3 is 2.71 bits per heavy atom. The predicted molar refractivity (Wildman–Crippen MR) is 63.5 cm³/mol. The minimum atomic E-state index is 0.840. The summed E-state index contributed by atoms with van der Waals surface area (Å²) in [6, 6.07) is 0.840. The minimum Gasteiger partial charge on any atom is -0.314 e. The van der Waals surface area contributed by atoms with Crippen LogP contribution >= 0.6 is 0 Å². The summed E-state index contributed by atoms with van der Waals surface area (Å²) in [5.74, 6) is 1.86. The first-order valence-corrected chi connectivity index (χ1v) is 6.47. The summed E-state index contributed by atoms with van der Waals surface area (Å²) in [5, 5.41) is 3.63. The van der Waals surface area contributed by atoms with Gasteiger partial charge in [-0.25, -0.2) is 0 Å². The summed E-state index contributed by atoms with van der Waals surface area (Å²) in [7, 11) is 0. The molecule has 1 nitrogen and oxygen atoms in total. The first kappa shape index (κ1) is 12.0. The van der Waals surface area contributed by atoms with Crippen molar-refractivity contribution in [2.75, 3.05) is 6.54 Å². The molecule has 0 spiro atoms. The lowest BCUT2D eigenvalue weighted by molar-refractivity contribution is 0.363. The van der Waals surface area contributed by atoms with Gasteiger partial charge in [0.05, 0.1) is 0 Å². The molecule has 0 heterocycles. The average molecular weight is 197 g/mol. The van der Waals surface area contributed by atoms with E-state index in [1.165, 1.54) is 38.5 Å². The molecular weight excluding hydrogens is 170 g/mol. The van der Waals surface area contributed by atoms with E-state index in [-0.39, 0.29) is 0 Å². The van der Waals surface area contributed by atoms with E-state index in [1.807, 2.05) is 0 Å². The number of nitrogens with one attached hydrogen (secondary N) is 1. The third-order valence-corrected chi connectivity index (χ3v) is 3.48. The van der Waals surface area contributed by atoms with Crippen LogP contribution in [0.25, 0.3) is 0 Å². The Bertz CT molecular complexity index is 142. The van der Waals surface area contributed by atoms with E-state index in [0.29, 0.717) is 0 Å². The molecule has 0 amide bonds. The molecule has 2 atom stereocenters. The quantitative estimate of drug-likeness (QED) is 0.686. The highest BCUT2D eigenvalue weighted by Crippen LogP contribution is 2.30. The summed E-state index contributed by atoms with van der Waals surface area (Å²) in [5.41, 5.74) is 0. The summed E-state index contributed by atoms with van der Waals surface area (Å²) in [6.45, 7) is 8.03. The molecule has 0 aromatic rings. The van der Waals surface area contributed by atoms with Crippen molar-refractivity contribution in [3.63, 3.8) is 0 Å². The zero-order chi connectivity index (χ0) is 10.4. The van der Waals surface area contributed by atoms with E-state index >= 15 is 0 Å². The molecule has 1 N–H and O–H groups in total. The smallest absolute Gasteiger partial charge is 0.00952 e. The second-order valence-corrected chi connectivity index (χ2v) is 5.18. The van der Waals surface area contributed by atoms with Crippen LogP contribution in [0.5, 0.6) is 0 Å². The monoisotopic (exact) mass is 197 g/mol. The third kappa shape index (κ3) is 4.00. The van der Waals surface area contributed by atoms with Crippen molar-refractivity contribution in [1.29, 1.82) is 0 Å². The van der Waals surface area contributed by atoms with Crippen molar-refractivity contribution < 1.29 is 0 Å². The normalized spacial score (nSPS) is 27.4. The summed E-state index contributed by atoms with van der Waals surface area (Å²) >= 11 is 0. The van der Waals surface area contributed by atoms with E-state index in [4.69, 9.17) is 0 Å². The Morgan fingerprint density at radius 1 is 1.29 bits per heavy atom. The first-order chi connectivity index (χ1) is 6.74. The maximum Gasteiger partial charge on any atom is 0.00952 e. The van der Waals surface area contributed by atoms with Gasteiger partial charge >= 0.3 is 0 Å². The Balaban J connectivity index is 2.15. The van der Waals surface area contributed by atoms with E-state index < -0.39 is 0 Å². The van der Waals surface area contributed by atoms with E-state index in [9.17, 15) is 0 Å². The largest absolute Gasteiger partial charge is 0.314 e. The van der Waals surface area contributed by atoms with Gasteiger partial charge in [-0.3, -0.25) is 0 Å². The van der Waals surface area contributed by atoms with Crippen LogP contribution in [-0.2, 0) is 0 Å². The van der Waals surface area contributed by atoms with Crippen LogP contribution in [0.2, 0.25) is 0 Å². The van der Waals surface area contributed by atoms with Crippen LogP contribution in [0.4, 0.5) is 0 Å². The van der Waals surface area contributed by atoms with Crippen LogP contribution in [0, 0.1) is 11.8 Å². The lowest BCUT2D eigenvalue weighted by Gasteiger charge is -2.20. The topological polar surface area (TPSA) is 12.0 Å². The fraction of sp³-hybridized carbons (Fsp3) is 1.00. The molecule has 0 bridgehead atoms. The second kappa shape index (κ2) is 6.44. The summed E-state index contributed by atoms with van der Waals surface area (Å²) in [6.07, 6.45) is 8.63. The lowest BCUT2D eigenvalue weighted by atomic mass is 9.94. The zero-order valence-electron chi connectivity index (χ0n) is 10.2. The number of hydrogen-bond donors (Lipinski definition) is 1. The average Bonchev–Trinajstić information content (AvgIpc) is 2.53. The molecule has 1 fully saturated rings. The fourth-order valence-corrected chi connectivity index (χ4v) is 2.70. The van der Waals surface area contributed by atoms with Gasteiger partial charge in [0.1, 0.15) is 0 Å². The highest BCUT2D eigenvalue weighted by Gasteiger charge is 2.25. The minimum absolute atomic E-state index is 0.840. The molecular formula is C13H27N. The summed E-state index contributed by atoms with van der Waals surface area (Å²) in [4.78, 5) is 0. The zero-order valence-corrected chi connectivity index (χ0v) is 10.2. The van der Waals surface area contributed by atoms with E-state index in [1.54, 1.807) is 0 Å². The molecule has 2 unspecified atom stereocenters. The molecule has 0 aromatic carbocycles. The van der Waals surface area contributed by atoms with Gasteiger partial charge in [-0.05, 0) is 37.6 Å². The van der Waals surface area contributed by atoms with Crippen LogP contribution in [0.3, 0.4) is 0 Å². The van der Waals surface area contributed by atoms with Crippen LogP contribution in [0.15, 0.2) is 0 Å². The predicted octanol–water partition coefficient (Wildman–Crippen LogP) is 3.59. The SMILES string of the molecule is CCNC1CCCC1CCCC(C)C. The number of hydrogen-bond acceptors (Lipinski definition) is 1. The van der Waals surface area contributed by atoms with E-state index in [2.05, 4.69) is 26.1 Å². The van der Waals surface area contributed by atoms with Gasteiger partial charge in [0.25, 0.3) is 0 Å². The van der Waals surface area contributed by atoms with Gasteiger partial charge in [0.15, 0.2) is 0 Å². The maximum atomic E-state index is 3.63. The Morgan fingerprint density at radius 2 is 2.07 bits per heavy atom. The van der Waals surface area contributed by atoms with Crippen LogP contribution in [-0.4, -0.2) is 12.6 Å². The van der Waals surface area contributed by atoms with Gasteiger partial charge in [-0.2, -0.15) is 0 Å². The first-order valence-electron chi connectivity index (χ1n) is 6.47. The van der Waals surface area contributed by atoms with Crippen molar-refractivity contribution in [3.05, 3.63) is 0 Å². The third-order valence-electron chi connectivity index (χ3n) is 3.48. The molecule has 1 aliphatic carbocycles. The Labute approximate surface area is 89.7 Å². The molecule has 0 saturated heterocycles. The molecule has 14 heavy (non-hydrogen) atoms. The van der Waals surface area contributed by atoms with Crippen molar-refractivity contribution in [2.24, 2.45) is 11.8 Å². The highest BCUT2D eigenvalue weighted by molar-refractivity contribution is 4.82. The molecule has 0 aliphatic heterocycles. The van der Waals surface area contributed by atoms with Crippen molar-refractivity contribution in [3.8, 4) is 0 Å². The molecule has 1 saturated carbocycles. The van der Waals surface area contributed by atoms with Crippen LogP contribution in [0.1, 0.15) is 59.3 Å². The highest BCUT2D eigenvalue weighted by atomic mass is 14.9. The lowest BCUT2D eigenvalue weighted by Crippen LogP contribution is -2.32. The van der Waals surface area contributed by atoms with Gasteiger partial charge in [0.2, 0.25) is 0 Å². The number of rotatable bonds is 6. The molecule has 0 aromatic heterocycles. The molecule has 1 aliphatic rings.